The molecule has 0 aliphatic carbocycles. The van der Waals surface area contributed by atoms with Crippen molar-refractivity contribution in [3.63, 3.8) is 0 Å². The number of aromatic nitrogens is 2. The number of halogens is 3. The van der Waals surface area contributed by atoms with Gasteiger partial charge in [0.2, 0.25) is 11.4 Å². The number of nitrogens with zero attached hydrogens (tertiary/aromatic N) is 5. The molecule has 1 aromatic heterocycles. The summed E-state index contributed by atoms with van der Waals surface area (Å²) >= 11 is 1.03. The number of alkyl halides is 3. The monoisotopic (exact) mass is 528 g/mol. The van der Waals surface area contributed by atoms with Gasteiger partial charge in [0.15, 0.2) is 0 Å². The van der Waals surface area contributed by atoms with Crippen LogP contribution in [0.3, 0.4) is 0 Å². The Balaban J connectivity index is 1.26. The molecule has 1 fully saturated rings. The maximum absolute atomic E-state index is 12.8. The zero-order chi connectivity index (χ0) is 25.9. The van der Waals surface area contributed by atoms with Gasteiger partial charge in [-0.15, -0.1) is 0 Å². The number of benzene rings is 1. The standard InChI is InChI=1S/C21H23F3N6O5S/c1-33-16-15-17(27-12-26-16)36-20(30(15)18(25)31)35-19(32)29-7-5-28(6-8-29)9-10-34-14-4-2-3-13(11-14)21(22,23)24/h2-4,11-12,20H,5-10H2,1H3,(H2,25,31). The molecule has 36 heavy (non-hydrogen) atoms. The highest BCUT2D eigenvalue weighted by atomic mass is 32.2. The van der Waals surface area contributed by atoms with E-state index < -0.39 is 29.4 Å². The number of methoxy groups -OCH3 is 1. The van der Waals surface area contributed by atoms with Gasteiger partial charge in [0.1, 0.15) is 29.4 Å². The van der Waals surface area contributed by atoms with Gasteiger partial charge in [-0.25, -0.2) is 19.5 Å². The van der Waals surface area contributed by atoms with Gasteiger partial charge in [0.25, 0.3) is 0 Å². The van der Waals surface area contributed by atoms with Crippen LogP contribution in [0.15, 0.2) is 35.6 Å². The smallest absolute Gasteiger partial charge is 0.416 e. The summed E-state index contributed by atoms with van der Waals surface area (Å²) in [5.74, 6) is 0.272. The van der Waals surface area contributed by atoms with E-state index in [9.17, 15) is 22.8 Å². The molecule has 1 aromatic carbocycles. The summed E-state index contributed by atoms with van der Waals surface area (Å²) in [5, 5.41) is 0.393. The Bertz CT molecular complexity index is 1120. The number of rotatable bonds is 6. The molecular weight excluding hydrogens is 505 g/mol. The number of hydrogen-bond acceptors (Lipinski definition) is 9. The van der Waals surface area contributed by atoms with E-state index in [1.54, 1.807) is 0 Å². The number of nitrogens with two attached hydrogens (primary N) is 1. The molecule has 2 N–H and O–H groups in total. The molecule has 3 heterocycles. The first-order valence-electron chi connectivity index (χ1n) is 10.8. The molecule has 0 saturated carbocycles. The van der Waals surface area contributed by atoms with Crippen LogP contribution in [0, 0.1) is 0 Å². The normalized spacial score (nSPS) is 18.1. The summed E-state index contributed by atoms with van der Waals surface area (Å²) in [6, 6.07) is 3.87. The molecule has 1 unspecified atom stereocenters. The predicted molar refractivity (Wildman–Crippen MR) is 122 cm³/mol. The number of anilines is 1. The largest absolute Gasteiger partial charge is 0.492 e. The third-order valence-electron chi connectivity index (χ3n) is 5.52. The van der Waals surface area contributed by atoms with Crippen molar-refractivity contribution in [1.29, 1.82) is 0 Å². The molecule has 2 aliphatic rings. The number of urea groups is 1. The number of amides is 3. The van der Waals surface area contributed by atoms with Crippen molar-refractivity contribution in [3.8, 4) is 11.6 Å². The first kappa shape index (κ1) is 25.6. The number of ether oxygens (including phenoxy) is 3. The third-order valence-corrected chi connectivity index (χ3v) is 6.55. The van der Waals surface area contributed by atoms with Crippen molar-refractivity contribution >= 4 is 29.6 Å². The van der Waals surface area contributed by atoms with Crippen molar-refractivity contribution in [3.05, 3.63) is 36.2 Å². The first-order chi connectivity index (χ1) is 17.2. The summed E-state index contributed by atoms with van der Waals surface area (Å²) in [5.41, 5.74) is 3.91. The van der Waals surface area contributed by atoms with E-state index in [0.717, 1.165) is 28.8 Å². The zero-order valence-electron chi connectivity index (χ0n) is 19.1. The molecule has 1 atom stereocenters. The van der Waals surface area contributed by atoms with Crippen LogP contribution in [0.4, 0.5) is 28.4 Å². The zero-order valence-corrected chi connectivity index (χ0v) is 19.9. The number of hydrogen-bond donors (Lipinski definition) is 1. The number of primary amides is 1. The van der Waals surface area contributed by atoms with E-state index in [4.69, 9.17) is 19.9 Å². The molecule has 4 rings (SSSR count). The second kappa shape index (κ2) is 10.7. The minimum absolute atomic E-state index is 0.130. The van der Waals surface area contributed by atoms with Gasteiger partial charge in [0, 0.05) is 32.7 Å². The van der Waals surface area contributed by atoms with Gasteiger partial charge in [-0.1, -0.05) is 6.07 Å². The Morgan fingerprint density at radius 2 is 1.94 bits per heavy atom. The maximum Gasteiger partial charge on any atom is 0.416 e. The van der Waals surface area contributed by atoms with E-state index in [-0.39, 0.29) is 23.9 Å². The topological polar surface area (TPSA) is 123 Å². The van der Waals surface area contributed by atoms with Crippen LogP contribution in [-0.2, 0) is 10.9 Å². The number of carbonyl (C=O) groups is 2. The fourth-order valence-corrected chi connectivity index (χ4v) is 4.74. The van der Waals surface area contributed by atoms with Crippen molar-refractivity contribution in [2.24, 2.45) is 5.73 Å². The molecule has 0 spiro atoms. The van der Waals surface area contributed by atoms with Crippen LogP contribution in [0.25, 0.3) is 0 Å². The van der Waals surface area contributed by atoms with Crippen molar-refractivity contribution in [2.75, 3.05) is 51.3 Å². The first-order valence-corrected chi connectivity index (χ1v) is 11.7. The van der Waals surface area contributed by atoms with Crippen LogP contribution < -0.4 is 20.1 Å². The van der Waals surface area contributed by atoms with Crippen molar-refractivity contribution < 1.29 is 37.0 Å². The van der Waals surface area contributed by atoms with Crippen molar-refractivity contribution in [2.45, 2.75) is 16.8 Å². The molecule has 2 aromatic rings. The Kier molecular flexibility index (Phi) is 7.59. The average Bonchev–Trinajstić information content (AvgIpc) is 3.22. The molecule has 2 aliphatic heterocycles. The minimum atomic E-state index is -4.43. The highest BCUT2D eigenvalue weighted by molar-refractivity contribution is 8.00. The van der Waals surface area contributed by atoms with Gasteiger partial charge in [-0.05, 0) is 30.0 Å². The predicted octanol–water partition coefficient (Wildman–Crippen LogP) is 2.61. The lowest BCUT2D eigenvalue weighted by Crippen LogP contribution is -2.51. The van der Waals surface area contributed by atoms with Gasteiger partial charge in [-0.3, -0.25) is 4.90 Å². The van der Waals surface area contributed by atoms with Crippen molar-refractivity contribution in [1.82, 2.24) is 19.8 Å². The summed E-state index contributed by atoms with van der Waals surface area (Å²) in [7, 11) is 1.38. The number of piperazine rings is 1. The maximum atomic E-state index is 12.8. The number of carbonyl (C=O) groups excluding carboxylic acids is 2. The minimum Gasteiger partial charge on any atom is -0.492 e. The highest BCUT2D eigenvalue weighted by Gasteiger charge is 2.41. The SMILES string of the molecule is COc1ncnc2c1N(C(N)=O)C(OC(=O)N1CCN(CCOc3cccc(C(F)(F)F)c3)CC1)S2. The lowest BCUT2D eigenvalue weighted by molar-refractivity contribution is -0.137. The highest BCUT2D eigenvalue weighted by Crippen LogP contribution is 2.46. The molecule has 15 heteroatoms. The fraction of sp³-hybridized carbons (Fsp3) is 0.429. The molecule has 1 saturated heterocycles. The Hall–Kier alpha value is -3.46. The molecule has 0 bridgehead atoms. The summed E-state index contributed by atoms with van der Waals surface area (Å²) in [6.45, 7) is 2.40. The van der Waals surface area contributed by atoms with E-state index in [0.29, 0.717) is 37.7 Å². The van der Waals surface area contributed by atoms with E-state index in [2.05, 4.69) is 9.97 Å². The van der Waals surface area contributed by atoms with E-state index in [1.807, 2.05) is 4.90 Å². The van der Waals surface area contributed by atoms with Crippen LogP contribution >= 0.6 is 11.8 Å². The average molecular weight is 529 g/mol. The second-order valence-corrected chi connectivity index (χ2v) is 8.78. The molecule has 3 amide bonds. The molecule has 11 nitrogen and oxygen atoms in total. The Morgan fingerprint density at radius 1 is 1.19 bits per heavy atom. The van der Waals surface area contributed by atoms with Gasteiger partial charge in [-0.2, -0.15) is 18.2 Å². The van der Waals surface area contributed by atoms with Gasteiger partial charge >= 0.3 is 18.3 Å². The number of thioether (sulfide) groups is 1. The lowest BCUT2D eigenvalue weighted by atomic mass is 10.2. The van der Waals surface area contributed by atoms with E-state index >= 15 is 0 Å². The van der Waals surface area contributed by atoms with Gasteiger partial charge in [0.05, 0.1) is 12.7 Å². The summed E-state index contributed by atoms with van der Waals surface area (Å²) in [6.07, 6.45) is -3.79. The van der Waals surface area contributed by atoms with Crippen LogP contribution in [0.1, 0.15) is 5.56 Å². The Morgan fingerprint density at radius 3 is 2.61 bits per heavy atom. The third kappa shape index (κ3) is 5.67. The van der Waals surface area contributed by atoms with Gasteiger partial charge < -0.3 is 24.8 Å². The van der Waals surface area contributed by atoms with E-state index in [1.165, 1.54) is 30.5 Å². The second-order valence-electron chi connectivity index (χ2n) is 7.76. The fourth-order valence-electron chi connectivity index (χ4n) is 3.70. The Labute approximate surface area is 208 Å². The molecular formula is C21H23F3N6O5S. The number of fused-ring (bicyclic) bond motifs is 1. The molecule has 194 valence electrons. The lowest BCUT2D eigenvalue weighted by Gasteiger charge is -2.34. The summed E-state index contributed by atoms with van der Waals surface area (Å²) < 4.78 is 54.7. The summed E-state index contributed by atoms with van der Waals surface area (Å²) in [4.78, 5) is 37.4. The van der Waals surface area contributed by atoms with Crippen LogP contribution in [-0.4, -0.2) is 83.9 Å². The van der Waals surface area contributed by atoms with Crippen LogP contribution in [0.5, 0.6) is 11.6 Å². The van der Waals surface area contributed by atoms with Crippen LogP contribution in [0.2, 0.25) is 0 Å². The quantitative estimate of drug-likeness (QED) is 0.564. The molecule has 0 radical (unpaired) electrons.